The standard InChI is InChI=1S/C13H27NS/c1-13(8-12-15)7-11-14-9-5-3-2-4-6-10-14/h13,15H,2-12H2,1H3. The first-order valence-corrected chi connectivity index (χ1v) is 7.29. The lowest BCUT2D eigenvalue weighted by Gasteiger charge is -2.25. The summed E-state index contributed by atoms with van der Waals surface area (Å²) in [6.07, 6.45) is 9.83. The molecule has 0 N–H and O–H groups in total. The zero-order valence-corrected chi connectivity index (χ0v) is 11.1. The quantitative estimate of drug-likeness (QED) is 0.705. The molecule has 2 heteroatoms. The van der Waals surface area contributed by atoms with Crippen LogP contribution in [0.15, 0.2) is 0 Å². The Kier molecular flexibility index (Phi) is 7.54. The first-order chi connectivity index (χ1) is 7.33. The van der Waals surface area contributed by atoms with Crippen molar-refractivity contribution >= 4 is 12.6 Å². The number of rotatable bonds is 5. The Bertz CT molecular complexity index is 141. The Morgan fingerprint density at radius 3 is 2.20 bits per heavy atom. The Labute approximate surface area is 101 Å². The van der Waals surface area contributed by atoms with Crippen LogP contribution in [0.2, 0.25) is 0 Å². The van der Waals surface area contributed by atoms with E-state index in [0.29, 0.717) is 0 Å². The van der Waals surface area contributed by atoms with E-state index in [0.717, 1.165) is 11.7 Å². The van der Waals surface area contributed by atoms with Crippen LogP contribution in [0.25, 0.3) is 0 Å². The van der Waals surface area contributed by atoms with Crippen molar-refractivity contribution in [3.8, 4) is 0 Å². The molecule has 1 saturated heterocycles. The molecule has 1 heterocycles. The van der Waals surface area contributed by atoms with E-state index in [-0.39, 0.29) is 0 Å². The van der Waals surface area contributed by atoms with Crippen molar-refractivity contribution < 1.29 is 0 Å². The van der Waals surface area contributed by atoms with E-state index in [1.54, 1.807) is 0 Å². The zero-order valence-electron chi connectivity index (χ0n) is 10.2. The van der Waals surface area contributed by atoms with Crippen LogP contribution in [-0.4, -0.2) is 30.3 Å². The molecule has 90 valence electrons. The van der Waals surface area contributed by atoms with Crippen molar-refractivity contribution in [2.45, 2.75) is 51.9 Å². The molecule has 0 aromatic carbocycles. The third kappa shape index (κ3) is 6.47. The summed E-state index contributed by atoms with van der Waals surface area (Å²) in [6, 6.07) is 0. The van der Waals surface area contributed by atoms with Gasteiger partial charge >= 0.3 is 0 Å². The molecule has 0 spiro atoms. The lowest BCUT2D eigenvalue weighted by atomic mass is 10.0. The highest BCUT2D eigenvalue weighted by molar-refractivity contribution is 7.80. The molecule has 0 aliphatic carbocycles. The zero-order chi connectivity index (χ0) is 10.9. The van der Waals surface area contributed by atoms with Crippen LogP contribution in [0.1, 0.15) is 51.9 Å². The maximum absolute atomic E-state index is 4.30. The van der Waals surface area contributed by atoms with Gasteiger partial charge in [0.05, 0.1) is 0 Å². The van der Waals surface area contributed by atoms with Crippen LogP contribution in [-0.2, 0) is 0 Å². The van der Waals surface area contributed by atoms with Crippen molar-refractivity contribution in [3.63, 3.8) is 0 Å². The molecule has 1 fully saturated rings. The van der Waals surface area contributed by atoms with Gasteiger partial charge < -0.3 is 4.90 Å². The van der Waals surface area contributed by atoms with E-state index < -0.39 is 0 Å². The molecule has 1 aliphatic rings. The van der Waals surface area contributed by atoms with Crippen molar-refractivity contribution in [1.29, 1.82) is 0 Å². The summed E-state index contributed by atoms with van der Waals surface area (Å²) < 4.78 is 0. The van der Waals surface area contributed by atoms with Crippen molar-refractivity contribution in [3.05, 3.63) is 0 Å². The maximum Gasteiger partial charge on any atom is -0.00162 e. The van der Waals surface area contributed by atoms with E-state index in [4.69, 9.17) is 0 Å². The second-order valence-corrected chi connectivity index (χ2v) is 5.46. The highest BCUT2D eigenvalue weighted by Gasteiger charge is 2.09. The molecule has 0 amide bonds. The fraction of sp³-hybridized carbons (Fsp3) is 1.00. The van der Waals surface area contributed by atoms with Crippen molar-refractivity contribution in [2.75, 3.05) is 25.4 Å². The normalized spacial score (nSPS) is 22.0. The van der Waals surface area contributed by atoms with Gasteiger partial charge in [-0.05, 0) is 57.0 Å². The monoisotopic (exact) mass is 229 g/mol. The predicted octanol–water partition coefficient (Wildman–Crippen LogP) is 3.60. The summed E-state index contributed by atoms with van der Waals surface area (Å²) in [5.41, 5.74) is 0. The fourth-order valence-corrected chi connectivity index (χ4v) is 2.75. The van der Waals surface area contributed by atoms with Gasteiger partial charge in [0.2, 0.25) is 0 Å². The number of hydrogen-bond acceptors (Lipinski definition) is 2. The largest absolute Gasteiger partial charge is 0.303 e. The van der Waals surface area contributed by atoms with E-state index in [2.05, 4.69) is 24.5 Å². The average Bonchev–Trinajstić information content (AvgIpc) is 2.16. The first kappa shape index (κ1) is 13.4. The summed E-state index contributed by atoms with van der Waals surface area (Å²) in [5, 5.41) is 0. The second-order valence-electron chi connectivity index (χ2n) is 5.02. The van der Waals surface area contributed by atoms with Crippen LogP contribution in [0.5, 0.6) is 0 Å². The Hall–Kier alpha value is 0.310. The predicted molar refractivity (Wildman–Crippen MR) is 71.8 cm³/mol. The lowest BCUT2D eigenvalue weighted by molar-refractivity contribution is 0.231. The molecule has 0 saturated carbocycles. The van der Waals surface area contributed by atoms with Crippen LogP contribution < -0.4 is 0 Å². The Morgan fingerprint density at radius 2 is 1.60 bits per heavy atom. The highest BCUT2D eigenvalue weighted by atomic mass is 32.1. The van der Waals surface area contributed by atoms with Gasteiger partial charge in [-0.1, -0.05) is 26.2 Å². The van der Waals surface area contributed by atoms with Crippen LogP contribution in [0.4, 0.5) is 0 Å². The number of thiol groups is 1. The minimum Gasteiger partial charge on any atom is -0.303 e. The van der Waals surface area contributed by atoms with Crippen molar-refractivity contribution in [2.24, 2.45) is 5.92 Å². The summed E-state index contributed by atoms with van der Waals surface area (Å²) in [5.74, 6) is 1.90. The third-order valence-electron chi connectivity index (χ3n) is 3.51. The van der Waals surface area contributed by atoms with E-state index >= 15 is 0 Å². The smallest absolute Gasteiger partial charge is 0.00162 e. The van der Waals surface area contributed by atoms with Gasteiger partial charge in [0.15, 0.2) is 0 Å². The lowest BCUT2D eigenvalue weighted by Crippen LogP contribution is -2.29. The third-order valence-corrected chi connectivity index (χ3v) is 3.77. The molecule has 1 atom stereocenters. The molecule has 15 heavy (non-hydrogen) atoms. The molecule has 0 radical (unpaired) electrons. The van der Waals surface area contributed by atoms with E-state index in [1.807, 2.05) is 0 Å². The van der Waals surface area contributed by atoms with Gasteiger partial charge in [0.1, 0.15) is 0 Å². The highest BCUT2D eigenvalue weighted by Crippen LogP contribution is 2.13. The van der Waals surface area contributed by atoms with Gasteiger partial charge in [-0.2, -0.15) is 12.6 Å². The molecule has 0 bridgehead atoms. The molecule has 1 rings (SSSR count). The number of nitrogens with zero attached hydrogens (tertiary/aromatic N) is 1. The van der Waals surface area contributed by atoms with E-state index in [9.17, 15) is 0 Å². The van der Waals surface area contributed by atoms with Gasteiger partial charge in [0.25, 0.3) is 0 Å². The molecular weight excluding hydrogens is 202 g/mol. The van der Waals surface area contributed by atoms with E-state index in [1.165, 1.54) is 64.6 Å². The van der Waals surface area contributed by atoms with Gasteiger partial charge in [-0.3, -0.25) is 0 Å². The molecular formula is C13H27NS. The molecule has 1 aliphatic heterocycles. The van der Waals surface area contributed by atoms with Gasteiger partial charge in [0, 0.05) is 0 Å². The molecule has 0 aromatic rings. The summed E-state index contributed by atoms with van der Waals surface area (Å²) in [7, 11) is 0. The van der Waals surface area contributed by atoms with Crippen molar-refractivity contribution in [1.82, 2.24) is 4.90 Å². The summed E-state index contributed by atoms with van der Waals surface area (Å²) in [4.78, 5) is 2.67. The molecule has 1 nitrogen and oxygen atoms in total. The number of likely N-dealkylation sites (tertiary alicyclic amines) is 1. The van der Waals surface area contributed by atoms with Crippen LogP contribution >= 0.6 is 12.6 Å². The summed E-state index contributed by atoms with van der Waals surface area (Å²) >= 11 is 4.30. The summed E-state index contributed by atoms with van der Waals surface area (Å²) in [6.45, 7) is 6.36. The average molecular weight is 229 g/mol. The topological polar surface area (TPSA) is 3.24 Å². The Morgan fingerprint density at radius 1 is 1.00 bits per heavy atom. The second kappa shape index (κ2) is 8.46. The van der Waals surface area contributed by atoms with Gasteiger partial charge in [-0.25, -0.2) is 0 Å². The number of hydrogen-bond donors (Lipinski definition) is 1. The van der Waals surface area contributed by atoms with Gasteiger partial charge in [-0.15, -0.1) is 0 Å². The Balaban J connectivity index is 2.11. The maximum atomic E-state index is 4.30. The van der Waals surface area contributed by atoms with Crippen LogP contribution in [0, 0.1) is 5.92 Å². The fourth-order valence-electron chi connectivity index (χ4n) is 2.30. The van der Waals surface area contributed by atoms with Crippen LogP contribution in [0.3, 0.4) is 0 Å². The minimum absolute atomic E-state index is 0.855. The SMILES string of the molecule is CC(CCS)CCN1CCCCCCC1. The first-order valence-electron chi connectivity index (χ1n) is 6.66. The molecule has 1 unspecified atom stereocenters. The minimum atomic E-state index is 0.855. The molecule has 0 aromatic heterocycles.